The summed E-state index contributed by atoms with van der Waals surface area (Å²) in [7, 11) is 0. The highest BCUT2D eigenvalue weighted by atomic mass is 35.5. The normalized spacial score (nSPS) is 32.3. The van der Waals surface area contributed by atoms with Crippen LogP contribution in [0.15, 0.2) is 18.2 Å². The van der Waals surface area contributed by atoms with Gasteiger partial charge in [0.25, 0.3) is 0 Å². The lowest BCUT2D eigenvalue weighted by atomic mass is 9.84. The predicted molar refractivity (Wildman–Crippen MR) is 78.7 cm³/mol. The van der Waals surface area contributed by atoms with Crippen molar-refractivity contribution in [1.29, 1.82) is 0 Å². The predicted octanol–water partition coefficient (Wildman–Crippen LogP) is 3.63. The summed E-state index contributed by atoms with van der Waals surface area (Å²) in [5.74, 6) is -0.703. The van der Waals surface area contributed by atoms with Crippen LogP contribution in [-0.2, 0) is 4.79 Å². The van der Waals surface area contributed by atoms with E-state index < -0.39 is 11.8 Å². The van der Waals surface area contributed by atoms with Crippen LogP contribution in [0.3, 0.4) is 0 Å². The third kappa shape index (κ3) is 2.67. The van der Waals surface area contributed by atoms with Crippen LogP contribution >= 0.6 is 11.6 Å². The molecule has 2 bridgehead atoms. The number of hydrogen-bond acceptors (Lipinski definition) is 2. The number of carboxylic acids is 1. The zero-order valence-corrected chi connectivity index (χ0v) is 12.6. The Labute approximate surface area is 128 Å². The largest absolute Gasteiger partial charge is 0.481 e. The molecule has 1 aromatic carbocycles. The maximum atomic E-state index is 13.2. The quantitative estimate of drug-likeness (QED) is 0.892. The van der Waals surface area contributed by atoms with Crippen LogP contribution < -0.4 is 5.32 Å². The van der Waals surface area contributed by atoms with Crippen molar-refractivity contribution in [2.75, 3.05) is 0 Å². The Hall–Kier alpha value is -1.13. The molecule has 2 aliphatic carbocycles. The highest BCUT2D eigenvalue weighted by Crippen LogP contribution is 2.49. The Morgan fingerprint density at radius 1 is 1.43 bits per heavy atom. The summed E-state index contributed by atoms with van der Waals surface area (Å²) in [6.45, 7) is 1.97. The van der Waals surface area contributed by atoms with Crippen LogP contribution in [0, 0.1) is 23.6 Å². The zero-order valence-electron chi connectivity index (χ0n) is 11.9. The van der Waals surface area contributed by atoms with E-state index in [0.29, 0.717) is 11.8 Å². The molecule has 0 saturated heterocycles. The highest BCUT2D eigenvalue weighted by molar-refractivity contribution is 6.30. The topological polar surface area (TPSA) is 49.3 Å². The van der Waals surface area contributed by atoms with E-state index in [9.17, 15) is 14.3 Å². The maximum absolute atomic E-state index is 13.2. The summed E-state index contributed by atoms with van der Waals surface area (Å²) >= 11 is 5.82. The molecular formula is C16H19ClFNO2. The molecule has 3 nitrogen and oxygen atoms in total. The molecule has 114 valence electrons. The van der Waals surface area contributed by atoms with Gasteiger partial charge in [-0.05, 0) is 55.7 Å². The van der Waals surface area contributed by atoms with Crippen LogP contribution in [0.25, 0.3) is 0 Å². The molecular weight excluding hydrogens is 293 g/mol. The van der Waals surface area contributed by atoms with Gasteiger partial charge in [-0.1, -0.05) is 17.7 Å². The standard InChI is InChI=1S/C16H19ClFNO2/c1-8(9-4-5-13(18)12(17)7-9)19-15-11-3-2-10(6-11)14(15)16(20)21/h4-5,7-8,10-11,14-15,19H,2-3,6H2,1H3,(H,20,21). The molecule has 2 N–H and O–H groups in total. The number of nitrogens with one attached hydrogen (secondary N) is 1. The summed E-state index contributed by atoms with van der Waals surface area (Å²) in [6, 6.07) is 4.61. The Morgan fingerprint density at radius 2 is 2.14 bits per heavy atom. The number of benzene rings is 1. The summed E-state index contributed by atoms with van der Waals surface area (Å²) in [4.78, 5) is 11.5. The monoisotopic (exact) mass is 311 g/mol. The first-order valence-electron chi connectivity index (χ1n) is 7.41. The van der Waals surface area contributed by atoms with Crippen LogP contribution in [0.5, 0.6) is 0 Å². The minimum Gasteiger partial charge on any atom is -0.481 e. The molecule has 3 rings (SSSR count). The van der Waals surface area contributed by atoms with Gasteiger partial charge in [0.05, 0.1) is 10.9 Å². The summed E-state index contributed by atoms with van der Waals surface area (Å²) < 4.78 is 13.2. The molecule has 0 heterocycles. The van der Waals surface area contributed by atoms with Crippen LogP contribution in [0.1, 0.15) is 37.8 Å². The molecule has 2 saturated carbocycles. The SMILES string of the molecule is CC(NC1C2CCC(C2)C1C(=O)O)c1ccc(F)c(Cl)c1. The molecule has 5 atom stereocenters. The van der Waals surface area contributed by atoms with Gasteiger partial charge in [0.15, 0.2) is 0 Å². The van der Waals surface area contributed by atoms with Crippen molar-refractivity contribution in [3.63, 3.8) is 0 Å². The van der Waals surface area contributed by atoms with Gasteiger partial charge >= 0.3 is 5.97 Å². The molecule has 5 heteroatoms. The first-order chi connectivity index (χ1) is 9.97. The number of fused-ring (bicyclic) bond motifs is 2. The smallest absolute Gasteiger partial charge is 0.308 e. The number of halogens is 2. The molecule has 0 radical (unpaired) electrons. The van der Waals surface area contributed by atoms with Crippen LogP contribution in [0.4, 0.5) is 4.39 Å². The fourth-order valence-corrected chi connectivity index (χ4v) is 4.24. The van der Waals surface area contributed by atoms with E-state index in [1.807, 2.05) is 6.92 Å². The van der Waals surface area contributed by atoms with Crippen molar-refractivity contribution >= 4 is 17.6 Å². The fraction of sp³-hybridized carbons (Fsp3) is 0.562. The Bertz CT molecular complexity index is 565. The second kappa shape index (κ2) is 5.58. The lowest BCUT2D eigenvalue weighted by Gasteiger charge is -2.31. The number of carboxylic acid groups (broad SMARTS) is 1. The molecule has 2 aliphatic rings. The summed E-state index contributed by atoms with van der Waals surface area (Å²) in [6.07, 6.45) is 3.13. The second-order valence-electron chi connectivity index (χ2n) is 6.28. The zero-order chi connectivity index (χ0) is 15.1. The molecule has 2 fully saturated rings. The second-order valence-corrected chi connectivity index (χ2v) is 6.69. The van der Waals surface area contributed by atoms with E-state index in [1.165, 1.54) is 6.07 Å². The van der Waals surface area contributed by atoms with Gasteiger partial charge in [-0.25, -0.2) is 4.39 Å². The number of rotatable bonds is 4. The lowest BCUT2D eigenvalue weighted by molar-refractivity contribution is -0.144. The highest BCUT2D eigenvalue weighted by Gasteiger charge is 2.51. The van der Waals surface area contributed by atoms with Crippen LogP contribution in [-0.4, -0.2) is 17.1 Å². The van der Waals surface area contributed by atoms with E-state index in [4.69, 9.17) is 11.6 Å². The molecule has 0 aliphatic heterocycles. The lowest BCUT2D eigenvalue weighted by Crippen LogP contribution is -2.45. The van der Waals surface area contributed by atoms with Gasteiger partial charge in [-0.2, -0.15) is 0 Å². The first-order valence-corrected chi connectivity index (χ1v) is 7.79. The van der Waals surface area contributed by atoms with Gasteiger partial charge in [-0.3, -0.25) is 4.79 Å². The molecule has 0 spiro atoms. The maximum Gasteiger partial charge on any atom is 0.308 e. The number of carbonyl (C=O) groups is 1. The molecule has 1 aromatic rings. The molecule has 0 amide bonds. The molecule has 21 heavy (non-hydrogen) atoms. The molecule has 0 aromatic heterocycles. The van der Waals surface area contributed by atoms with Gasteiger partial charge in [-0.15, -0.1) is 0 Å². The van der Waals surface area contributed by atoms with Gasteiger partial charge < -0.3 is 10.4 Å². The van der Waals surface area contributed by atoms with Crippen molar-refractivity contribution in [2.24, 2.45) is 17.8 Å². The summed E-state index contributed by atoms with van der Waals surface area (Å²) in [5, 5.41) is 13.0. The van der Waals surface area contributed by atoms with Crippen molar-refractivity contribution in [3.05, 3.63) is 34.6 Å². The summed E-state index contributed by atoms with van der Waals surface area (Å²) in [5.41, 5.74) is 0.883. The van der Waals surface area contributed by atoms with Crippen molar-refractivity contribution in [1.82, 2.24) is 5.32 Å². The average Bonchev–Trinajstić information content (AvgIpc) is 3.02. The number of aliphatic carboxylic acids is 1. The molecule has 5 unspecified atom stereocenters. The number of hydrogen-bond donors (Lipinski definition) is 2. The van der Waals surface area contributed by atoms with E-state index in [0.717, 1.165) is 24.8 Å². The van der Waals surface area contributed by atoms with Gasteiger partial charge in [0.1, 0.15) is 5.82 Å². The fourth-order valence-electron chi connectivity index (χ4n) is 4.05. The Kier molecular flexibility index (Phi) is 3.93. The average molecular weight is 312 g/mol. The van der Waals surface area contributed by atoms with Gasteiger partial charge in [0, 0.05) is 12.1 Å². The van der Waals surface area contributed by atoms with Crippen LogP contribution in [0.2, 0.25) is 5.02 Å². The minimum absolute atomic E-state index is 0.0000728. The van der Waals surface area contributed by atoms with E-state index in [2.05, 4.69) is 5.32 Å². The van der Waals surface area contributed by atoms with Gasteiger partial charge in [0.2, 0.25) is 0 Å². The van der Waals surface area contributed by atoms with E-state index in [-0.39, 0.29) is 23.0 Å². The third-order valence-corrected chi connectivity index (χ3v) is 5.38. The van der Waals surface area contributed by atoms with Crippen molar-refractivity contribution in [3.8, 4) is 0 Å². The van der Waals surface area contributed by atoms with Crippen molar-refractivity contribution < 1.29 is 14.3 Å². The minimum atomic E-state index is -0.705. The Morgan fingerprint density at radius 3 is 2.81 bits per heavy atom. The van der Waals surface area contributed by atoms with E-state index in [1.54, 1.807) is 12.1 Å². The van der Waals surface area contributed by atoms with E-state index >= 15 is 0 Å². The van der Waals surface area contributed by atoms with Crippen molar-refractivity contribution in [2.45, 2.75) is 38.3 Å². The Balaban J connectivity index is 1.76. The third-order valence-electron chi connectivity index (χ3n) is 5.09. The first kappa shape index (κ1) is 14.8.